The summed E-state index contributed by atoms with van der Waals surface area (Å²) in [7, 11) is -1.88. The quantitative estimate of drug-likeness (QED) is 0.764. The number of nitrogens with one attached hydrogen (secondary N) is 1. The molecule has 1 aliphatic rings. The topological polar surface area (TPSA) is 60.3 Å². The second-order valence-electron chi connectivity index (χ2n) is 6.74. The first-order chi connectivity index (χ1) is 13.0. The summed E-state index contributed by atoms with van der Waals surface area (Å²) in [6.45, 7) is 6.15. The Morgan fingerprint density at radius 1 is 1.04 bits per heavy atom. The summed E-state index contributed by atoms with van der Waals surface area (Å²) < 4.78 is 38.0. The van der Waals surface area contributed by atoms with E-state index in [2.05, 4.69) is 0 Å². The first-order valence-electron chi connectivity index (χ1n) is 9.16. The Hall–Kier alpha value is -2.09. The number of hydrogen-bond acceptors (Lipinski definition) is 4. The van der Waals surface area contributed by atoms with E-state index >= 15 is 0 Å². The molecule has 1 aliphatic heterocycles. The fourth-order valence-corrected chi connectivity index (χ4v) is 4.65. The van der Waals surface area contributed by atoms with Crippen molar-refractivity contribution in [3.63, 3.8) is 0 Å². The number of ether oxygens (including phenoxy) is 2. The number of rotatable bonds is 7. The molecule has 0 atom stereocenters. The first-order valence-corrected chi connectivity index (χ1v) is 10.6. The Kier molecular flexibility index (Phi) is 6.36. The van der Waals surface area contributed by atoms with Crippen LogP contribution in [0, 0.1) is 6.92 Å². The van der Waals surface area contributed by atoms with Crippen molar-refractivity contribution in [1.29, 1.82) is 0 Å². The minimum absolute atomic E-state index is 0.314. The molecule has 1 fully saturated rings. The highest BCUT2D eigenvalue weighted by Gasteiger charge is 2.30. The maximum Gasteiger partial charge on any atom is 0.243 e. The van der Waals surface area contributed by atoms with Crippen molar-refractivity contribution in [2.75, 3.05) is 46.4 Å². The lowest BCUT2D eigenvalue weighted by Gasteiger charge is -2.31. The molecule has 0 spiro atoms. The largest absolute Gasteiger partial charge is 0.497 e. The van der Waals surface area contributed by atoms with Crippen LogP contribution in [0.2, 0.25) is 0 Å². The van der Waals surface area contributed by atoms with Crippen molar-refractivity contribution in [3.8, 4) is 11.5 Å². The molecule has 2 aromatic rings. The van der Waals surface area contributed by atoms with Crippen LogP contribution in [0.3, 0.4) is 0 Å². The van der Waals surface area contributed by atoms with Gasteiger partial charge in [0.15, 0.2) is 0 Å². The second-order valence-corrected chi connectivity index (χ2v) is 8.68. The average Bonchev–Trinajstić information content (AvgIpc) is 2.68. The number of quaternary nitrogens is 1. The molecule has 0 unspecified atom stereocenters. The van der Waals surface area contributed by atoms with Crippen LogP contribution < -0.4 is 14.4 Å². The van der Waals surface area contributed by atoms with Crippen LogP contribution >= 0.6 is 0 Å². The molecule has 0 aromatic heterocycles. The molecule has 146 valence electrons. The number of benzene rings is 2. The predicted octanol–water partition coefficient (Wildman–Crippen LogP) is 0.972. The van der Waals surface area contributed by atoms with E-state index in [9.17, 15) is 8.42 Å². The van der Waals surface area contributed by atoms with Crippen LogP contribution in [-0.4, -0.2) is 59.2 Å². The monoisotopic (exact) mass is 391 g/mol. The van der Waals surface area contributed by atoms with Crippen molar-refractivity contribution >= 4 is 10.0 Å². The van der Waals surface area contributed by atoms with Gasteiger partial charge >= 0.3 is 0 Å². The van der Waals surface area contributed by atoms with Gasteiger partial charge in [-0.2, -0.15) is 4.31 Å². The third kappa shape index (κ3) is 5.00. The van der Waals surface area contributed by atoms with Gasteiger partial charge in [0.25, 0.3) is 0 Å². The maximum atomic E-state index is 12.8. The zero-order chi connectivity index (χ0) is 19.3. The molecule has 1 heterocycles. The van der Waals surface area contributed by atoms with Gasteiger partial charge in [-0.3, -0.25) is 0 Å². The van der Waals surface area contributed by atoms with Crippen LogP contribution in [0.4, 0.5) is 0 Å². The molecule has 6 nitrogen and oxygen atoms in total. The molecule has 0 bridgehead atoms. The SMILES string of the molecule is COc1ccc(S(=O)(=O)N2CC[NH+](CCOc3cccc(C)c3)CC2)cc1. The number of piperazine rings is 1. The molecule has 0 radical (unpaired) electrons. The highest BCUT2D eigenvalue weighted by Crippen LogP contribution is 2.19. The van der Waals surface area contributed by atoms with Gasteiger partial charge in [0.2, 0.25) is 10.0 Å². The summed E-state index contributed by atoms with van der Waals surface area (Å²) in [5.74, 6) is 1.53. The number of sulfonamides is 1. The summed E-state index contributed by atoms with van der Waals surface area (Å²) in [5, 5.41) is 0. The Bertz CT molecular complexity index is 845. The van der Waals surface area contributed by atoms with Crippen LogP contribution in [-0.2, 0) is 10.0 Å². The van der Waals surface area contributed by atoms with Crippen molar-refractivity contribution in [1.82, 2.24) is 4.31 Å². The standard InChI is InChI=1S/C20H26N2O4S/c1-17-4-3-5-19(16-17)26-15-14-21-10-12-22(13-11-21)27(23,24)20-8-6-18(25-2)7-9-20/h3-9,16H,10-15H2,1-2H3/p+1. The molecule has 1 saturated heterocycles. The first kappa shape index (κ1) is 19.7. The molecular formula is C20H27N2O4S+. The molecule has 7 heteroatoms. The molecular weight excluding hydrogens is 364 g/mol. The molecule has 0 saturated carbocycles. The van der Waals surface area contributed by atoms with Gasteiger partial charge in [0.05, 0.1) is 38.2 Å². The zero-order valence-electron chi connectivity index (χ0n) is 15.8. The Morgan fingerprint density at radius 2 is 1.74 bits per heavy atom. The molecule has 2 aromatic carbocycles. The van der Waals surface area contributed by atoms with Crippen molar-refractivity contribution in [3.05, 3.63) is 54.1 Å². The van der Waals surface area contributed by atoms with E-state index in [1.807, 2.05) is 31.2 Å². The van der Waals surface area contributed by atoms with Crippen molar-refractivity contribution < 1.29 is 22.8 Å². The Balaban J connectivity index is 1.49. The highest BCUT2D eigenvalue weighted by atomic mass is 32.2. The fourth-order valence-electron chi connectivity index (χ4n) is 3.21. The molecule has 0 aliphatic carbocycles. The van der Waals surface area contributed by atoms with E-state index in [4.69, 9.17) is 9.47 Å². The number of methoxy groups -OCH3 is 1. The number of hydrogen-bond donors (Lipinski definition) is 1. The summed E-state index contributed by atoms with van der Waals surface area (Å²) >= 11 is 0. The van der Waals surface area contributed by atoms with Crippen LogP contribution in [0.1, 0.15) is 5.56 Å². The van der Waals surface area contributed by atoms with Crippen LogP contribution in [0.25, 0.3) is 0 Å². The maximum absolute atomic E-state index is 12.8. The van der Waals surface area contributed by atoms with Crippen LogP contribution in [0.15, 0.2) is 53.4 Å². The van der Waals surface area contributed by atoms with Crippen LogP contribution in [0.5, 0.6) is 11.5 Å². The third-order valence-corrected chi connectivity index (χ3v) is 6.75. The summed E-state index contributed by atoms with van der Waals surface area (Å²) in [6, 6.07) is 14.6. The average molecular weight is 392 g/mol. The lowest BCUT2D eigenvalue weighted by atomic mass is 10.2. The van der Waals surface area contributed by atoms with E-state index < -0.39 is 10.0 Å². The smallest absolute Gasteiger partial charge is 0.243 e. The summed E-state index contributed by atoms with van der Waals surface area (Å²) in [4.78, 5) is 1.68. The van der Waals surface area contributed by atoms with Gasteiger partial charge in [-0.1, -0.05) is 12.1 Å². The van der Waals surface area contributed by atoms with E-state index in [-0.39, 0.29) is 0 Å². The van der Waals surface area contributed by atoms with E-state index in [0.717, 1.165) is 25.4 Å². The predicted molar refractivity (Wildman–Crippen MR) is 104 cm³/mol. The molecule has 0 amide bonds. The van der Waals surface area contributed by atoms with E-state index in [1.54, 1.807) is 35.7 Å². The molecule has 1 N–H and O–H groups in total. The normalized spacial score (nSPS) is 16.2. The van der Waals surface area contributed by atoms with Gasteiger partial charge in [-0.05, 0) is 48.9 Å². The zero-order valence-corrected chi connectivity index (χ0v) is 16.7. The summed E-state index contributed by atoms with van der Waals surface area (Å²) in [6.07, 6.45) is 0. The lowest BCUT2D eigenvalue weighted by molar-refractivity contribution is -0.903. The second kappa shape index (κ2) is 8.73. The summed E-state index contributed by atoms with van der Waals surface area (Å²) in [5.41, 5.74) is 1.18. The highest BCUT2D eigenvalue weighted by molar-refractivity contribution is 7.89. The van der Waals surface area contributed by atoms with E-state index in [0.29, 0.717) is 30.3 Å². The number of nitrogens with zero attached hydrogens (tertiary/aromatic N) is 1. The minimum atomic E-state index is -3.45. The van der Waals surface area contributed by atoms with Gasteiger partial charge in [-0.25, -0.2) is 8.42 Å². The van der Waals surface area contributed by atoms with Crippen molar-refractivity contribution in [2.45, 2.75) is 11.8 Å². The fraction of sp³-hybridized carbons (Fsp3) is 0.400. The van der Waals surface area contributed by atoms with E-state index in [1.165, 1.54) is 10.5 Å². The molecule has 3 rings (SSSR count). The Labute approximate surface area is 161 Å². The minimum Gasteiger partial charge on any atom is -0.497 e. The third-order valence-electron chi connectivity index (χ3n) is 4.84. The van der Waals surface area contributed by atoms with Gasteiger partial charge in [0, 0.05) is 0 Å². The lowest BCUT2D eigenvalue weighted by Crippen LogP contribution is -3.15. The van der Waals surface area contributed by atoms with Gasteiger partial charge in [0.1, 0.15) is 24.7 Å². The Morgan fingerprint density at radius 3 is 2.37 bits per heavy atom. The van der Waals surface area contributed by atoms with Gasteiger partial charge in [-0.15, -0.1) is 0 Å². The molecule has 27 heavy (non-hydrogen) atoms. The van der Waals surface area contributed by atoms with Crippen molar-refractivity contribution in [2.24, 2.45) is 0 Å². The number of aryl methyl sites for hydroxylation is 1. The van der Waals surface area contributed by atoms with Gasteiger partial charge < -0.3 is 14.4 Å².